The molecular weight excluding hydrogens is 269 g/mol. The number of nitrogens with one attached hydrogen (secondary N) is 1. The molecule has 1 rings (SSSR count). The highest BCUT2D eigenvalue weighted by molar-refractivity contribution is 7.98. The van der Waals surface area contributed by atoms with Crippen molar-refractivity contribution >= 4 is 23.6 Å². The zero-order valence-electron chi connectivity index (χ0n) is 10.6. The number of carboxylic acids is 1. The van der Waals surface area contributed by atoms with E-state index < -0.39 is 17.8 Å². The molecule has 104 valence electrons. The van der Waals surface area contributed by atoms with Crippen LogP contribution in [-0.2, 0) is 15.3 Å². The minimum atomic E-state index is -1.14. The quantitative estimate of drug-likeness (QED) is 0.593. The number of carbonyl (C=O) groups is 2. The van der Waals surface area contributed by atoms with E-state index in [1.807, 2.05) is 0 Å². The van der Waals surface area contributed by atoms with Gasteiger partial charge in [-0.1, -0.05) is 18.2 Å². The summed E-state index contributed by atoms with van der Waals surface area (Å²) in [6.45, 7) is 1.71. The molecule has 0 aliphatic heterocycles. The lowest BCUT2D eigenvalue weighted by molar-refractivity contribution is -0.146. The molecule has 0 saturated carbocycles. The number of benzene rings is 1. The largest absolute Gasteiger partial charge is 0.481 e. The highest BCUT2D eigenvalue weighted by Gasteiger charge is 2.19. The SMILES string of the molecule is CC(C(=O)O)C(=O)NCCSCc1ccccc1F. The molecule has 6 heteroatoms. The Morgan fingerprint density at radius 2 is 2.11 bits per heavy atom. The smallest absolute Gasteiger partial charge is 0.315 e. The summed E-state index contributed by atoms with van der Waals surface area (Å²) in [5.74, 6) is -1.80. The molecule has 0 bridgehead atoms. The van der Waals surface area contributed by atoms with Crippen molar-refractivity contribution in [3.8, 4) is 0 Å². The molecule has 1 aromatic carbocycles. The van der Waals surface area contributed by atoms with Gasteiger partial charge in [0.05, 0.1) is 0 Å². The van der Waals surface area contributed by atoms with E-state index in [4.69, 9.17) is 5.11 Å². The third kappa shape index (κ3) is 5.30. The van der Waals surface area contributed by atoms with Gasteiger partial charge in [-0.05, 0) is 18.6 Å². The summed E-state index contributed by atoms with van der Waals surface area (Å²) in [6, 6.07) is 6.53. The number of carbonyl (C=O) groups excluding carboxylic acids is 1. The number of thioether (sulfide) groups is 1. The Bertz CT molecular complexity index is 453. The third-order valence-electron chi connectivity index (χ3n) is 2.52. The van der Waals surface area contributed by atoms with Crippen molar-refractivity contribution in [1.29, 1.82) is 0 Å². The summed E-state index contributed by atoms with van der Waals surface area (Å²) in [4.78, 5) is 21.9. The Morgan fingerprint density at radius 1 is 1.42 bits per heavy atom. The van der Waals surface area contributed by atoms with E-state index in [9.17, 15) is 14.0 Å². The number of hydrogen-bond acceptors (Lipinski definition) is 3. The fraction of sp³-hybridized carbons (Fsp3) is 0.385. The molecule has 0 aliphatic rings. The van der Waals surface area contributed by atoms with Crippen molar-refractivity contribution in [3.05, 3.63) is 35.6 Å². The first-order chi connectivity index (χ1) is 9.02. The number of rotatable bonds is 7. The Balaban J connectivity index is 2.20. The lowest BCUT2D eigenvalue weighted by atomic mass is 10.2. The summed E-state index contributed by atoms with van der Waals surface area (Å²) in [5.41, 5.74) is 0.623. The Labute approximate surface area is 115 Å². The molecule has 1 amide bonds. The van der Waals surface area contributed by atoms with Gasteiger partial charge in [0.2, 0.25) is 5.91 Å². The second kappa shape index (κ2) is 7.78. The Kier molecular flexibility index (Phi) is 6.35. The maximum Gasteiger partial charge on any atom is 0.315 e. The van der Waals surface area contributed by atoms with Crippen molar-refractivity contribution in [1.82, 2.24) is 5.32 Å². The molecule has 0 fully saturated rings. The van der Waals surface area contributed by atoms with Gasteiger partial charge < -0.3 is 10.4 Å². The summed E-state index contributed by atoms with van der Waals surface area (Å²) < 4.78 is 13.3. The van der Waals surface area contributed by atoms with E-state index in [0.717, 1.165) is 0 Å². The predicted octanol–water partition coefficient (Wildman–Crippen LogP) is 1.90. The van der Waals surface area contributed by atoms with Crippen LogP contribution in [0, 0.1) is 11.7 Å². The second-order valence-electron chi connectivity index (χ2n) is 3.99. The maximum absolute atomic E-state index is 13.3. The molecule has 0 heterocycles. The van der Waals surface area contributed by atoms with Gasteiger partial charge in [0, 0.05) is 18.1 Å². The topological polar surface area (TPSA) is 66.4 Å². The Hall–Kier alpha value is -1.56. The Morgan fingerprint density at radius 3 is 2.74 bits per heavy atom. The molecule has 1 atom stereocenters. The fourth-order valence-electron chi connectivity index (χ4n) is 1.31. The van der Waals surface area contributed by atoms with Crippen LogP contribution in [0.3, 0.4) is 0 Å². The standard InChI is InChI=1S/C13H16FNO3S/c1-9(13(17)18)12(16)15-6-7-19-8-10-4-2-3-5-11(10)14/h2-5,9H,6-8H2,1H3,(H,15,16)(H,17,18). The van der Waals surface area contributed by atoms with Crippen molar-refractivity contribution < 1.29 is 19.1 Å². The number of carboxylic acid groups (broad SMARTS) is 1. The zero-order valence-corrected chi connectivity index (χ0v) is 11.4. The van der Waals surface area contributed by atoms with Crippen molar-refractivity contribution in [2.45, 2.75) is 12.7 Å². The van der Waals surface area contributed by atoms with Gasteiger partial charge in [-0.15, -0.1) is 0 Å². The van der Waals surface area contributed by atoms with Crippen LogP contribution in [0.2, 0.25) is 0 Å². The zero-order chi connectivity index (χ0) is 14.3. The van der Waals surface area contributed by atoms with Gasteiger partial charge in [-0.25, -0.2) is 4.39 Å². The van der Waals surface area contributed by atoms with E-state index in [0.29, 0.717) is 23.6 Å². The molecule has 19 heavy (non-hydrogen) atoms. The number of amides is 1. The molecule has 2 N–H and O–H groups in total. The average Bonchev–Trinajstić information content (AvgIpc) is 2.39. The third-order valence-corrected chi connectivity index (χ3v) is 3.53. The molecule has 4 nitrogen and oxygen atoms in total. The van der Waals surface area contributed by atoms with Gasteiger partial charge in [0.1, 0.15) is 11.7 Å². The van der Waals surface area contributed by atoms with Gasteiger partial charge in [0.15, 0.2) is 0 Å². The molecule has 0 radical (unpaired) electrons. The minimum absolute atomic E-state index is 0.237. The van der Waals surface area contributed by atoms with Gasteiger partial charge in [-0.3, -0.25) is 9.59 Å². The molecule has 0 spiro atoms. The van der Waals surface area contributed by atoms with Crippen molar-refractivity contribution in [3.63, 3.8) is 0 Å². The average molecular weight is 285 g/mol. The van der Waals surface area contributed by atoms with Gasteiger partial charge >= 0.3 is 5.97 Å². The maximum atomic E-state index is 13.3. The summed E-state index contributed by atoms with van der Waals surface area (Å²) in [6.07, 6.45) is 0. The monoisotopic (exact) mass is 285 g/mol. The molecule has 0 saturated heterocycles. The second-order valence-corrected chi connectivity index (χ2v) is 5.10. The van der Waals surface area contributed by atoms with Crippen LogP contribution >= 0.6 is 11.8 Å². The van der Waals surface area contributed by atoms with E-state index in [-0.39, 0.29) is 5.82 Å². The number of aliphatic carboxylic acids is 1. The van der Waals surface area contributed by atoms with E-state index in [1.54, 1.807) is 18.2 Å². The normalized spacial score (nSPS) is 11.9. The highest BCUT2D eigenvalue weighted by atomic mass is 32.2. The van der Waals surface area contributed by atoms with Crippen LogP contribution < -0.4 is 5.32 Å². The van der Waals surface area contributed by atoms with Crippen molar-refractivity contribution in [2.75, 3.05) is 12.3 Å². The van der Waals surface area contributed by atoms with E-state index in [2.05, 4.69) is 5.32 Å². The summed E-state index contributed by atoms with van der Waals surface area (Å²) >= 11 is 1.48. The van der Waals surface area contributed by atoms with Crippen LogP contribution in [-0.4, -0.2) is 29.3 Å². The van der Waals surface area contributed by atoms with Gasteiger partial charge in [0.25, 0.3) is 0 Å². The minimum Gasteiger partial charge on any atom is -0.481 e. The van der Waals surface area contributed by atoms with Crippen LogP contribution in [0.25, 0.3) is 0 Å². The molecular formula is C13H16FNO3S. The molecule has 0 aliphatic carbocycles. The first kappa shape index (κ1) is 15.5. The van der Waals surface area contributed by atoms with E-state index >= 15 is 0 Å². The molecule has 1 aromatic rings. The van der Waals surface area contributed by atoms with Crippen LogP contribution in [0.15, 0.2) is 24.3 Å². The van der Waals surface area contributed by atoms with Crippen LogP contribution in [0.4, 0.5) is 4.39 Å². The summed E-state index contributed by atoms with van der Waals surface area (Å²) in [5, 5.41) is 11.2. The number of hydrogen-bond donors (Lipinski definition) is 2. The lowest BCUT2D eigenvalue weighted by Crippen LogP contribution is -2.34. The number of halogens is 1. The van der Waals surface area contributed by atoms with Crippen molar-refractivity contribution in [2.24, 2.45) is 5.92 Å². The van der Waals surface area contributed by atoms with Crippen LogP contribution in [0.5, 0.6) is 0 Å². The van der Waals surface area contributed by atoms with Crippen LogP contribution in [0.1, 0.15) is 12.5 Å². The highest BCUT2D eigenvalue weighted by Crippen LogP contribution is 2.14. The first-order valence-corrected chi connectivity index (χ1v) is 6.99. The van der Waals surface area contributed by atoms with E-state index in [1.165, 1.54) is 24.8 Å². The predicted molar refractivity (Wildman–Crippen MR) is 72.4 cm³/mol. The summed E-state index contributed by atoms with van der Waals surface area (Å²) in [7, 11) is 0. The first-order valence-electron chi connectivity index (χ1n) is 5.84. The lowest BCUT2D eigenvalue weighted by Gasteiger charge is -2.08. The fourth-order valence-corrected chi connectivity index (χ4v) is 2.15. The molecule has 0 aromatic heterocycles. The molecule has 1 unspecified atom stereocenters. The van der Waals surface area contributed by atoms with Gasteiger partial charge in [-0.2, -0.15) is 11.8 Å².